The first-order chi connectivity index (χ1) is 7.75. The van der Waals surface area contributed by atoms with E-state index in [4.69, 9.17) is 0 Å². The van der Waals surface area contributed by atoms with Crippen molar-refractivity contribution in [3.05, 3.63) is 34.3 Å². The van der Waals surface area contributed by atoms with E-state index in [-0.39, 0.29) is 5.82 Å². The summed E-state index contributed by atoms with van der Waals surface area (Å²) >= 11 is 3.15. The van der Waals surface area contributed by atoms with Crippen LogP contribution in [-0.4, -0.2) is 15.2 Å². The Balaban J connectivity index is 2.03. The molecule has 3 nitrogen and oxygen atoms in total. The number of nitrogens with zero attached hydrogens (tertiary/aromatic N) is 2. The number of aromatic nitrogens is 3. The van der Waals surface area contributed by atoms with Gasteiger partial charge in [-0.25, -0.2) is 9.37 Å². The molecule has 1 aromatic heterocycles. The lowest BCUT2D eigenvalue weighted by Gasteiger charge is -1.99. The molecule has 1 heterocycles. The minimum absolute atomic E-state index is 0.316. The molecule has 0 aliphatic heterocycles. The Labute approximate surface area is 100 Å². The first-order valence-corrected chi connectivity index (χ1v) is 5.91. The Morgan fingerprint density at radius 2 is 2.19 bits per heavy atom. The highest BCUT2D eigenvalue weighted by atomic mass is 79.9. The van der Waals surface area contributed by atoms with Gasteiger partial charge in [0.15, 0.2) is 5.82 Å². The fourth-order valence-electron chi connectivity index (χ4n) is 1.61. The fourth-order valence-corrected chi connectivity index (χ4v) is 1.98. The second-order valence-electron chi connectivity index (χ2n) is 3.92. The molecule has 0 spiro atoms. The summed E-state index contributed by atoms with van der Waals surface area (Å²) < 4.78 is 14.2. The van der Waals surface area contributed by atoms with Gasteiger partial charge in [0.1, 0.15) is 11.6 Å². The van der Waals surface area contributed by atoms with Gasteiger partial charge in [-0.1, -0.05) is 6.07 Å². The summed E-state index contributed by atoms with van der Waals surface area (Å²) in [6, 6.07) is 5.11. The third-order valence-electron chi connectivity index (χ3n) is 2.66. The van der Waals surface area contributed by atoms with Crippen molar-refractivity contribution in [1.82, 2.24) is 15.2 Å². The summed E-state index contributed by atoms with van der Waals surface area (Å²) in [6.45, 7) is 0. The van der Waals surface area contributed by atoms with E-state index in [1.807, 2.05) is 0 Å². The van der Waals surface area contributed by atoms with Crippen molar-refractivity contribution in [3.8, 4) is 11.4 Å². The van der Waals surface area contributed by atoms with Crippen molar-refractivity contribution < 1.29 is 4.39 Å². The number of H-pyrrole nitrogens is 1. The highest BCUT2D eigenvalue weighted by molar-refractivity contribution is 9.10. The average Bonchev–Trinajstić information content (AvgIpc) is 3.02. The van der Waals surface area contributed by atoms with Gasteiger partial charge in [0, 0.05) is 5.92 Å². The number of halogens is 2. The van der Waals surface area contributed by atoms with E-state index >= 15 is 0 Å². The maximum absolute atomic E-state index is 13.8. The molecule has 1 aromatic carbocycles. The van der Waals surface area contributed by atoms with Gasteiger partial charge in [-0.05, 0) is 40.9 Å². The summed E-state index contributed by atoms with van der Waals surface area (Å²) in [5, 5.41) is 6.92. The van der Waals surface area contributed by atoms with Crippen LogP contribution in [0, 0.1) is 5.82 Å². The summed E-state index contributed by atoms with van der Waals surface area (Å²) in [6.07, 6.45) is 2.30. The number of rotatable bonds is 2. The molecule has 0 radical (unpaired) electrons. The highest BCUT2D eigenvalue weighted by Crippen LogP contribution is 2.38. The van der Waals surface area contributed by atoms with Gasteiger partial charge < -0.3 is 0 Å². The van der Waals surface area contributed by atoms with Gasteiger partial charge in [-0.15, -0.1) is 0 Å². The van der Waals surface area contributed by atoms with E-state index in [9.17, 15) is 4.39 Å². The predicted molar refractivity (Wildman–Crippen MR) is 61.5 cm³/mol. The molecule has 1 N–H and O–H groups in total. The normalized spacial score (nSPS) is 15.4. The fraction of sp³-hybridized carbons (Fsp3) is 0.273. The number of hydrogen-bond acceptors (Lipinski definition) is 2. The summed E-state index contributed by atoms with van der Waals surface area (Å²) in [5.74, 6) is 1.48. The van der Waals surface area contributed by atoms with E-state index in [1.54, 1.807) is 18.2 Å². The lowest BCUT2D eigenvalue weighted by atomic mass is 10.2. The molecule has 0 saturated heterocycles. The molecule has 0 bridgehead atoms. The van der Waals surface area contributed by atoms with Crippen molar-refractivity contribution in [3.63, 3.8) is 0 Å². The first-order valence-electron chi connectivity index (χ1n) is 5.12. The zero-order chi connectivity index (χ0) is 11.1. The van der Waals surface area contributed by atoms with Gasteiger partial charge in [0.05, 0.1) is 10.0 Å². The molecule has 0 atom stereocenters. The molecular formula is C11H9BrFN3. The lowest BCUT2D eigenvalue weighted by molar-refractivity contribution is 0.623. The maximum atomic E-state index is 13.8. The molecule has 82 valence electrons. The maximum Gasteiger partial charge on any atom is 0.184 e. The zero-order valence-corrected chi connectivity index (χ0v) is 9.96. The SMILES string of the molecule is Fc1c(Br)cccc1-c1n[nH]c(C2CC2)n1. The molecule has 2 aromatic rings. The highest BCUT2D eigenvalue weighted by Gasteiger charge is 2.27. The predicted octanol–water partition coefficient (Wildman–Crippen LogP) is 3.25. The minimum atomic E-state index is -0.316. The van der Waals surface area contributed by atoms with Crippen molar-refractivity contribution >= 4 is 15.9 Å². The largest absolute Gasteiger partial charge is 0.262 e. The van der Waals surface area contributed by atoms with Crippen LogP contribution < -0.4 is 0 Å². The Hall–Kier alpha value is -1.23. The van der Waals surface area contributed by atoms with Crippen LogP contribution in [0.2, 0.25) is 0 Å². The molecule has 1 aliphatic rings. The van der Waals surface area contributed by atoms with Gasteiger partial charge in [0.2, 0.25) is 0 Å². The Morgan fingerprint density at radius 3 is 2.94 bits per heavy atom. The first kappa shape index (κ1) is 9.96. The molecule has 3 rings (SSSR count). The Kier molecular flexibility index (Phi) is 2.28. The van der Waals surface area contributed by atoms with Crippen LogP contribution in [0.1, 0.15) is 24.6 Å². The zero-order valence-electron chi connectivity index (χ0n) is 8.37. The average molecular weight is 282 g/mol. The summed E-state index contributed by atoms with van der Waals surface area (Å²) in [7, 11) is 0. The molecular weight excluding hydrogens is 273 g/mol. The van der Waals surface area contributed by atoms with E-state index in [2.05, 4.69) is 31.1 Å². The van der Waals surface area contributed by atoms with Gasteiger partial charge in [0.25, 0.3) is 0 Å². The van der Waals surface area contributed by atoms with E-state index in [0.29, 0.717) is 21.8 Å². The van der Waals surface area contributed by atoms with Crippen molar-refractivity contribution in [1.29, 1.82) is 0 Å². The van der Waals surface area contributed by atoms with E-state index in [0.717, 1.165) is 18.7 Å². The summed E-state index contributed by atoms with van der Waals surface area (Å²) in [4.78, 5) is 4.32. The van der Waals surface area contributed by atoms with Crippen LogP contribution in [0.5, 0.6) is 0 Å². The number of hydrogen-bond donors (Lipinski definition) is 1. The third-order valence-corrected chi connectivity index (χ3v) is 3.27. The van der Waals surface area contributed by atoms with Crippen molar-refractivity contribution in [2.45, 2.75) is 18.8 Å². The van der Waals surface area contributed by atoms with Gasteiger partial charge in [-0.3, -0.25) is 5.10 Å². The Bertz CT molecular complexity index is 534. The van der Waals surface area contributed by atoms with Crippen LogP contribution in [0.25, 0.3) is 11.4 Å². The monoisotopic (exact) mass is 281 g/mol. The molecule has 0 unspecified atom stereocenters. The molecule has 1 fully saturated rings. The van der Waals surface area contributed by atoms with Crippen molar-refractivity contribution in [2.24, 2.45) is 0 Å². The Morgan fingerprint density at radius 1 is 1.38 bits per heavy atom. The van der Waals surface area contributed by atoms with E-state index < -0.39 is 0 Å². The van der Waals surface area contributed by atoms with Crippen LogP contribution in [-0.2, 0) is 0 Å². The second-order valence-corrected chi connectivity index (χ2v) is 4.77. The van der Waals surface area contributed by atoms with Crippen LogP contribution in [0.4, 0.5) is 4.39 Å². The number of nitrogens with one attached hydrogen (secondary N) is 1. The molecule has 5 heteroatoms. The molecule has 1 aliphatic carbocycles. The summed E-state index contributed by atoms with van der Waals surface area (Å²) in [5.41, 5.74) is 0.428. The van der Waals surface area contributed by atoms with Crippen molar-refractivity contribution in [2.75, 3.05) is 0 Å². The topological polar surface area (TPSA) is 41.6 Å². The van der Waals surface area contributed by atoms with E-state index in [1.165, 1.54) is 0 Å². The van der Waals surface area contributed by atoms with Gasteiger partial charge >= 0.3 is 0 Å². The standard InChI is InChI=1S/C11H9BrFN3/c12-8-3-1-2-7(9(8)13)11-14-10(15-16-11)6-4-5-6/h1-3,6H,4-5H2,(H,14,15,16). The van der Waals surface area contributed by atoms with Crippen LogP contribution in [0.3, 0.4) is 0 Å². The number of aromatic amines is 1. The smallest absolute Gasteiger partial charge is 0.184 e. The quantitative estimate of drug-likeness (QED) is 0.918. The molecule has 16 heavy (non-hydrogen) atoms. The van der Waals surface area contributed by atoms with Crippen LogP contribution >= 0.6 is 15.9 Å². The molecule has 0 amide bonds. The number of benzene rings is 1. The second kappa shape index (κ2) is 3.66. The van der Waals surface area contributed by atoms with Gasteiger partial charge in [-0.2, -0.15) is 5.10 Å². The lowest BCUT2D eigenvalue weighted by Crippen LogP contribution is -1.88. The van der Waals surface area contributed by atoms with Crippen LogP contribution in [0.15, 0.2) is 22.7 Å². The third kappa shape index (κ3) is 1.65. The minimum Gasteiger partial charge on any atom is -0.262 e. The molecule has 1 saturated carbocycles.